The van der Waals surface area contributed by atoms with E-state index in [9.17, 15) is 19.7 Å². The van der Waals surface area contributed by atoms with E-state index in [1.807, 2.05) is 0 Å². The second-order valence-corrected chi connectivity index (χ2v) is 5.34. The lowest BCUT2D eigenvalue weighted by Crippen LogP contribution is -2.36. The van der Waals surface area contributed by atoms with Gasteiger partial charge in [-0.1, -0.05) is 30.3 Å². The number of aliphatic carboxylic acids is 1. The molecule has 0 radical (unpaired) electrons. The third-order valence-corrected chi connectivity index (χ3v) is 3.58. The summed E-state index contributed by atoms with van der Waals surface area (Å²) >= 11 is 0. The van der Waals surface area contributed by atoms with E-state index in [0.29, 0.717) is 5.56 Å². The molecule has 2 aromatic carbocycles. The molecule has 1 aromatic heterocycles. The number of carboxylic acid groups (broad SMARTS) is 1. The fourth-order valence-electron chi connectivity index (χ4n) is 2.39. The van der Waals surface area contributed by atoms with E-state index in [4.69, 9.17) is 9.84 Å². The highest BCUT2D eigenvalue weighted by molar-refractivity contribution is 6.03. The quantitative estimate of drug-likeness (QED) is 0.508. The molecule has 3 rings (SSSR count). The fourth-order valence-corrected chi connectivity index (χ4v) is 2.39. The van der Waals surface area contributed by atoms with Crippen molar-refractivity contribution in [2.24, 2.45) is 0 Å². The van der Waals surface area contributed by atoms with Crippen molar-refractivity contribution in [1.29, 1.82) is 0 Å². The normalized spacial score (nSPS) is 10.5. The zero-order valence-corrected chi connectivity index (χ0v) is 13.6. The zero-order chi connectivity index (χ0) is 19.4. The largest absolute Gasteiger partial charge is 0.480 e. The first-order chi connectivity index (χ1) is 13.0. The van der Waals surface area contributed by atoms with Gasteiger partial charge < -0.3 is 9.84 Å². The van der Waals surface area contributed by atoms with Crippen molar-refractivity contribution in [2.45, 2.75) is 6.61 Å². The van der Waals surface area contributed by atoms with Gasteiger partial charge in [0.25, 0.3) is 0 Å². The van der Waals surface area contributed by atoms with Crippen molar-refractivity contribution in [3.05, 3.63) is 58.1 Å². The van der Waals surface area contributed by atoms with Crippen LogP contribution in [0.4, 0.5) is 16.2 Å². The monoisotopic (exact) mass is 372 g/mol. The van der Waals surface area contributed by atoms with Gasteiger partial charge in [0.05, 0.1) is 10.6 Å². The second-order valence-electron chi connectivity index (χ2n) is 5.34. The Bertz CT molecular complexity index is 1000. The van der Waals surface area contributed by atoms with Gasteiger partial charge >= 0.3 is 17.7 Å². The van der Waals surface area contributed by atoms with Crippen LogP contribution >= 0.6 is 0 Å². The molecule has 1 N–H and O–H groups in total. The number of carboxylic acids is 1. The molecule has 11 heteroatoms. The molecule has 11 nitrogen and oxygen atoms in total. The lowest BCUT2D eigenvalue weighted by molar-refractivity contribution is -0.383. The van der Waals surface area contributed by atoms with Gasteiger partial charge in [-0.15, -0.1) is 0 Å². The average molecular weight is 372 g/mol. The van der Waals surface area contributed by atoms with Crippen molar-refractivity contribution in [3.63, 3.8) is 0 Å². The standard InChI is InChI=1S/C16H12N4O7/c21-13(22)8-19(16(23)26-9-10-4-2-1-3-5-10)11-6-7-12(20(24)25)15-14(11)17-27-18-15/h1-7H,8-9H2,(H,21,22). The van der Waals surface area contributed by atoms with Crippen molar-refractivity contribution in [1.82, 2.24) is 10.3 Å². The number of hydrogen-bond donors (Lipinski definition) is 1. The molecule has 0 aliphatic carbocycles. The van der Waals surface area contributed by atoms with Crippen LogP contribution in [0.5, 0.6) is 0 Å². The summed E-state index contributed by atoms with van der Waals surface area (Å²) in [6.07, 6.45) is -0.959. The highest BCUT2D eigenvalue weighted by atomic mass is 16.6. The molecule has 0 spiro atoms. The summed E-state index contributed by atoms with van der Waals surface area (Å²) in [5.74, 6) is -1.31. The van der Waals surface area contributed by atoms with E-state index in [1.54, 1.807) is 30.3 Å². The number of nitrogens with zero attached hydrogens (tertiary/aromatic N) is 4. The molecule has 0 atom stereocenters. The molecule has 138 valence electrons. The summed E-state index contributed by atoms with van der Waals surface area (Å²) in [5.41, 5.74) is -0.0378. The number of ether oxygens (including phenoxy) is 1. The fraction of sp³-hybridized carbons (Fsp3) is 0.125. The Morgan fingerprint density at radius 1 is 1.15 bits per heavy atom. The minimum absolute atomic E-state index is 0.0303. The van der Waals surface area contributed by atoms with Gasteiger partial charge in [0.15, 0.2) is 5.52 Å². The number of anilines is 1. The van der Waals surface area contributed by atoms with E-state index >= 15 is 0 Å². The van der Waals surface area contributed by atoms with Crippen LogP contribution in [0.3, 0.4) is 0 Å². The third kappa shape index (κ3) is 3.81. The number of aromatic nitrogens is 2. The number of hydrogen-bond acceptors (Lipinski definition) is 8. The first-order valence-corrected chi connectivity index (χ1v) is 7.57. The van der Waals surface area contributed by atoms with Gasteiger partial charge in [0, 0.05) is 6.07 Å². The van der Waals surface area contributed by atoms with E-state index < -0.39 is 23.5 Å². The van der Waals surface area contributed by atoms with Crippen molar-refractivity contribution in [2.75, 3.05) is 11.4 Å². The smallest absolute Gasteiger partial charge is 0.415 e. The summed E-state index contributed by atoms with van der Waals surface area (Å²) < 4.78 is 9.69. The summed E-state index contributed by atoms with van der Waals surface area (Å²) in [6, 6.07) is 11.1. The molecule has 0 fully saturated rings. The van der Waals surface area contributed by atoms with Crippen molar-refractivity contribution in [3.8, 4) is 0 Å². The first-order valence-electron chi connectivity index (χ1n) is 7.57. The van der Waals surface area contributed by atoms with Crippen LogP contribution in [0.1, 0.15) is 5.56 Å². The number of nitro groups is 1. The predicted octanol–water partition coefficient (Wildman–Crippen LogP) is 2.36. The van der Waals surface area contributed by atoms with Crippen LogP contribution in [-0.4, -0.2) is 39.0 Å². The Kier molecular flexibility index (Phi) is 4.92. The molecule has 0 saturated heterocycles. The number of carbonyl (C=O) groups excluding carboxylic acids is 1. The SMILES string of the molecule is O=C(O)CN(C(=O)OCc1ccccc1)c1ccc([N+](=O)[O-])c2nonc12. The van der Waals surface area contributed by atoms with E-state index in [-0.39, 0.29) is 29.0 Å². The first kappa shape index (κ1) is 17.8. The molecule has 27 heavy (non-hydrogen) atoms. The number of benzene rings is 2. The molecule has 0 unspecified atom stereocenters. The van der Waals surface area contributed by atoms with E-state index in [0.717, 1.165) is 11.0 Å². The molecule has 0 aliphatic heterocycles. The zero-order valence-electron chi connectivity index (χ0n) is 13.6. The summed E-state index contributed by atoms with van der Waals surface area (Å²) in [6.45, 7) is -0.823. The topological polar surface area (TPSA) is 149 Å². The number of non-ortho nitro benzene ring substituents is 1. The Morgan fingerprint density at radius 2 is 1.85 bits per heavy atom. The molecular weight excluding hydrogens is 360 g/mol. The summed E-state index contributed by atoms with van der Waals surface area (Å²) in [5, 5.41) is 27.2. The maximum atomic E-state index is 12.5. The number of amides is 1. The third-order valence-electron chi connectivity index (χ3n) is 3.58. The van der Waals surface area contributed by atoms with Crippen LogP contribution in [0.2, 0.25) is 0 Å². The molecule has 1 amide bonds. The summed E-state index contributed by atoms with van der Waals surface area (Å²) in [7, 11) is 0. The minimum Gasteiger partial charge on any atom is -0.480 e. The molecular formula is C16H12N4O7. The van der Waals surface area contributed by atoms with Crippen LogP contribution in [0.15, 0.2) is 47.1 Å². The van der Waals surface area contributed by atoms with Crippen LogP contribution < -0.4 is 4.90 Å². The molecule has 1 heterocycles. The Hall–Kier alpha value is -4.02. The number of nitro benzene ring substituents is 1. The molecule has 0 bridgehead atoms. The average Bonchev–Trinajstić information content (AvgIpc) is 3.14. The van der Waals surface area contributed by atoms with Gasteiger partial charge in [0.2, 0.25) is 5.52 Å². The van der Waals surface area contributed by atoms with Gasteiger partial charge in [-0.3, -0.25) is 19.8 Å². The Morgan fingerprint density at radius 3 is 2.52 bits per heavy atom. The van der Waals surface area contributed by atoms with Crippen LogP contribution in [0.25, 0.3) is 11.0 Å². The maximum Gasteiger partial charge on any atom is 0.415 e. The number of carbonyl (C=O) groups is 2. The minimum atomic E-state index is -1.31. The molecule has 0 aliphatic rings. The Labute approximate surface area is 150 Å². The van der Waals surface area contributed by atoms with Gasteiger partial charge in [0.1, 0.15) is 13.2 Å². The van der Waals surface area contributed by atoms with E-state index in [2.05, 4.69) is 14.9 Å². The predicted molar refractivity (Wildman–Crippen MR) is 90.1 cm³/mol. The number of rotatable bonds is 6. The van der Waals surface area contributed by atoms with Gasteiger partial charge in [-0.25, -0.2) is 9.42 Å². The number of fused-ring (bicyclic) bond motifs is 1. The van der Waals surface area contributed by atoms with E-state index in [1.165, 1.54) is 6.07 Å². The van der Waals surface area contributed by atoms with Crippen LogP contribution in [-0.2, 0) is 16.1 Å². The highest BCUT2D eigenvalue weighted by Crippen LogP contribution is 2.31. The maximum absolute atomic E-state index is 12.5. The van der Waals surface area contributed by atoms with Crippen LogP contribution in [0, 0.1) is 10.1 Å². The molecule has 0 saturated carbocycles. The van der Waals surface area contributed by atoms with Crippen molar-refractivity contribution >= 4 is 34.5 Å². The van der Waals surface area contributed by atoms with Gasteiger partial charge in [-0.2, -0.15) is 0 Å². The summed E-state index contributed by atoms with van der Waals surface area (Å²) in [4.78, 5) is 34.8. The molecule has 3 aromatic rings. The lowest BCUT2D eigenvalue weighted by atomic mass is 10.2. The highest BCUT2D eigenvalue weighted by Gasteiger charge is 2.27. The second kappa shape index (κ2) is 7.47. The Balaban J connectivity index is 1.93. The lowest BCUT2D eigenvalue weighted by Gasteiger charge is -2.20. The van der Waals surface area contributed by atoms with Crippen molar-refractivity contribution < 1.29 is 29.0 Å². The van der Waals surface area contributed by atoms with Gasteiger partial charge in [-0.05, 0) is 21.9 Å².